The van der Waals surface area contributed by atoms with Crippen LogP contribution in [0.3, 0.4) is 0 Å². The SMILES string of the molecule is Nc1ccc(NCC2CCCCC2O)c(I)c1. The molecule has 3 nitrogen and oxygen atoms in total. The Bertz CT molecular complexity index is 384. The Hall–Kier alpha value is -0.490. The van der Waals surface area contributed by atoms with Crippen molar-refractivity contribution in [2.24, 2.45) is 5.92 Å². The van der Waals surface area contributed by atoms with Gasteiger partial charge in [0.15, 0.2) is 0 Å². The average Bonchev–Trinajstić information content (AvgIpc) is 2.30. The number of aliphatic hydroxyl groups is 1. The van der Waals surface area contributed by atoms with Crippen molar-refractivity contribution in [2.75, 3.05) is 17.6 Å². The lowest BCUT2D eigenvalue weighted by Crippen LogP contribution is -2.30. The summed E-state index contributed by atoms with van der Waals surface area (Å²) in [5, 5.41) is 13.3. The van der Waals surface area contributed by atoms with Crippen LogP contribution >= 0.6 is 22.6 Å². The molecule has 2 rings (SSSR count). The number of rotatable bonds is 3. The number of nitrogens with two attached hydrogens (primary N) is 1. The zero-order valence-corrected chi connectivity index (χ0v) is 12.0. The summed E-state index contributed by atoms with van der Waals surface area (Å²) in [7, 11) is 0. The van der Waals surface area contributed by atoms with Gasteiger partial charge in [0.25, 0.3) is 0 Å². The lowest BCUT2D eigenvalue weighted by Gasteiger charge is -2.28. The van der Waals surface area contributed by atoms with Gasteiger partial charge in [-0.2, -0.15) is 0 Å². The third-order valence-corrected chi connectivity index (χ3v) is 4.31. The molecule has 0 saturated heterocycles. The van der Waals surface area contributed by atoms with Crippen molar-refractivity contribution in [3.63, 3.8) is 0 Å². The average molecular weight is 346 g/mol. The van der Waals surface area contributed by atoms with Crippen molar-refractivity contribution >= 4 is 34.0 Å². The molecule has 1 aromatic carbocycles. The highest BCUT2D eigenvalue weighted by molar-refractivity contribution is 14.1. The number of anilines is 2. The molecule has 0 heterocycles. The number of nitrogens with one attached hydrogen (secondary N) is 1. The highest BCUT2D eigenvalue weighted by Gasteiger charge is 2.22. The van der Waals surface area contributed by atoms with Crippen molar-refractivity contribution in [1.82, 2.24) is 0 Å². The summed E-state index contributed by atoms with van der Waals surface area (Å²) in [6.45, 7) is 0.848. The molecular weight excluding hydrogens is 327 g/mol. The summed E-state index contributed by atoms with van der Waals surface area (Å²) in [6.07, 6.45) is 4.34. The van der Waals surface area contributed by atoms with Crippen molar-refractivity contribution in [3.05, 3.63) is 21.8 Å². The number of halogens is 1. The van der Waals surface area contributed by atoms with Crippen molar-refractivity contribution in [1.29, 1.82) is 0 Å². The number of nitrogen functional groups attached to an aromatic ring is 1. The number of aliphatic hydroxyl groups excluding tert-OH is 1. The molecule has 1 fully saturated rings. The van der Waals surface area contributed by atoms with E-state index in [4.69, 9.17) is 5.73 Å². The van der Waals surface area contributed by atoms with E-state index in [9.17, 15) is 5.11 Å². The van der Waals surface area contributed by atoms with E-state index in [1.54, 1.807) is 0 Å². The van der Waals surface area contributed by atoms with Crippen LogP contribution in [0.4, 0.5) is 11.4 Å². The Morgan fingerprint density at radius 1 is 1.35 bits per heavy atom. The standard InChI is InChI=1S/C13H19IN2O/c14-11-7-10(15)5-6-12(11)16-8-9-3-1-2-4-13(9)17/h5-7,9,13,16-17H,1-4,8,15H2. The van der Waals surface area contributed by atoms with E-state index in [-0.39, 0.29) is 6.10 Å². The molecule has 2 unspecified atom stereocenters. The minimum Gasteiger partial charge on any atom is -0.399 e. The van der Waals surface area contributed by atoms with Crippen LogP contribution in [0.15, 0.2) is 18.2 Å². The van der Waals surface area contributed by atoms with Gasteiger partial charge in [0.2, 0.25) is 0 Å². The van der Waals surface area contributed by atoms with Crippen LogP contribution < -0.4 is 11.1 Å². The van der Waals surface area contributed by atoms with Crippen LogP contribution in [0.2, 0.25) is 0 Å². The first kappa shape index (κ1) is 13.0. The van der Waals surface area contributed by atoms with Crippen LogP contribution in [-0.2, 0) is 0 Å². The molecule has 0 bridgehead atoms. The predicted octanol–water partition coefficient (Wildman–Crippen LogP) is 2.84. The third-order valence-electron chi connectivity index (χ3n) is 3.42. The summed E-state index contributed by atoms with van der Waals surface area (Å²) in [6, 6.07) is 5.87. The second kappa shape index (κ2) is 5.91. The smallest absolute Gasteiger partial charge is 0.0585 e. The van der Waals surface area contributed by atoms with Crippen LogP contribution in [0, 0.1) is 9.49 Å². The number of benzene rings is 1. The first-order chi connectivity index (χ1) is 8.16. The minimum absolute atomic E-state index is 0.136. The largest absolute Gasteiger partial charge is 0.399 e. The molecule has 0 aromatic heterocycles. The molecule has 0 aliphatic heterocycles. The van der Waals surface area contributed by atoms with Gasteiger partial charge in [-0.15, -0.1) is 0 Å². The molecule has 4 heteroatoms. The summed E-state index contributed by atoms with van der Waals surface area (Å²) in [5.74, 6) is 0.386. The molecule has 2 atom stereocenters. The highest BCUT2D eigenvalue weighted by Crippen LogP contribution is 2.26. The van der Waals surface area contributed by atoms with E-state index >= 15 is 0 Å². The Labute approximate surface area is 116 Å². The molecule has 1 saturated carbocycles. The number of hydrogen-bond donors (Lipinski definition) is 3. The summed E-state index contributed by atoms with van der Waals surface area (Å²) in [5.41, 5.74) is 7.61. The Morgan fingerprint density at radius 2 is 2.12 bits per heavy atom. The molecule has 4 N–H and O–H groups in total. The van der Waals surface area contributed by atoms with E-state index in [1.165, 1.54) is 6.42 Å². The topological polar surface area (TPSA) is 58.3 Å². The van der Waals surface area contributed by atoms with Gasteiger partial charge >= 0.3 is 0 Å². The van der Waals surface area contributed by atoms with Gasteiger partial charge in [-0.1, -0.05) is 12.8 Å². The highest BCUT2D eigenvalue weighted by atomic mass is 127. The molecule has 0 spiro atoms. The molecule has 0 radical (unpaired) electrons. The molecule has 1 aliphatic carbocycles. The van der Waals surface area contributed by atoms with Gasteiger partial charge in [0, 0.05) is 27.4 Å². The van der Waals surface area contributed by atoms with Crippen LogP contribution in [0.5, 0.6) is 0 Å². The monoisotopic (exact) mass is 346 g/mol. The van der Waals surface area contributed by atoms with E-state index in [1.807, 2.05) is 18.2 Å². The van der Waals surface area contributed by atoms with Crippen LogP contribution in [-0.4, -0.2) is 17.8 Å². The first-order valence-electron chi connectivity index (χ1n) is 6.14. The Kier molecular flexibility index (Phi) is 4.50. The maximum absolute atomic E-state index is 9.90. The van der Waals surface area contributed by atoms with Gasteiger partial charge in [-0.25, -0.2) is 0 Å². The van der Waals surface area contributed by atoms with E-state index in [2.05, 4.69) is 27.9 Å². The van der Waals surface area contributed by atoms with Crippen molar-refractivity contribution in [3.8, 4) is 0 Å². The maximum atomic E-state index is 9.90. The maximum Gasteiger partial charge on any atom is 0.0585 e. The molecule has 17 heavy (non-hydrogen) atoms. The quantitative estimate of drug-likeness (QED) is 0.583. The second-order valence-electron chi connectivity index (χ2n) is 4.73. The van der Waals surface area contributed by atoms with Gasteiger partial charge < -0.3 is 16.2 Å². The normalized spacial score (nSPS) is 24.6. The van der Waals surface area contributed by atoms with E-state index in [0.29, 0.717) is 5.92 Å². The summed E-state index contributed by atoms with van der Waals surface area (Å²) >= 11 is 2.28. The molecular formula is C13H19IN2O. The van der Waals surface area contributed by atoms with E-state index < -0.39 is 0 Å². The van der Waals surface area contributed by atoms with Gasteiger partial charge in [-0.05, 0) is 53.6 Å². The van der Waals surface area contributed by atoms with Gasteiger partial charge in [0.05, 0.1) is 6.10 Å². The Balaban J connectivity index is 1.92. The fraction of sp³-hybridized carbons (Fsp3) is 0.538. The van der Waals surface area contributed by atoms with Crippen molar-refractivity contribution in [2.45, 2.75) is 31.8 Å². The summed E-state index contributed by atoms with van der Waals surface area (Å²) < 4.78 is 1.13. The zero-order valence-electron chi connectivity index (χ0n) is 9.82. The van der Waals surface area contributed by atoms with Gasteiger partial charge in [-0.3, -0.25) is 0 Å². The van der Waals surface area contributed by atoms with Gasteiger partial charge in [0.1, 0.15) is 0 Å². The van der Waals surface area contributed by atoms with E-state index in [0.717, 1.165) is 40.8 Å². The third kappa shape index (κ3) is 3.48. The minimum atomic E-state index is -0.136. The lowest BCUT2D eigenvalue weighted by atomic mass is 9.86. The molecule has 94 valence electrons. The predicted molar refractivity (Wildman–Crippen MR) is 80.0 cm³/mol. The molecule has 1 aromatic rings. The Morgan fingerprint density at radius 3 is 2.82 bits per heavy atom. The fourth-order valence-electron chi connectivity index (χ4n) is 2.34. The fourth-order valence-corrected chi connectivity index (χ4v) is 3.07. The lowest BCUT2D eigenvalue weighted by molar-refractivity contribution is 0.0763. The zero-order chi connectivity index (χ0) is 12.3. The molecule has 1 aliphatic rings. The van der Waals surface area contributed by atoms with Crippen LogP contribution in [0.25, 0.3) is 0 Å². The van der Waals surface area contributed by atoms with Crippen molar-refractivity contribution < 1.29 is 5.11 Å². The first-order valence-corrected chi connectivity index (χ1v) is 7.21. The second-order valence-corrected chi connectivity index (χ2v) is 5.89. The molecule has 0 amide bonds. The summed E-state index contributed by atoms with van der Waals surface area (Å²) in [4.78, 5) is 0. The number of hydrogen-bond acceptors (Lipinski definition) is 3. The van der Waals surface area contributed by atoms with Crippen LogP contribution in [0.1, 0.15) is 25.7 Å².